The normalized spacial score (nSPS) is 12.6. The molecule has 0 N–H and O–H groups in total. The molecule has 0 bridgehead atoms. The summed E-state index contributed by atoms with van der Waals surface area (Å²) < 4.78 is 32.9. The number of halogens is 2. The minimum absolute atomic E-state index is 0.00115. The minimum Gasteiger partial charge on any atom is -0.497 e. The van der Waals surface area contributed by atoms with E-state index in [1.54, 1.807) is 31.4 Å². The Morgan fingerprint density at radius 2 is 1.76 bits per heavy atom. The topological polar surface area (TPSA) is 46.6 Å². The highest BCUT2D eigenvalue weighted by molar-refractivity contribution is 9.12. The van der Waals surface area contributed by atoms with E-state index < -0.39 is 10.0 Å². The van der Waals surface area contributed by atoms with E-state index in [-0.39, 0.29) is 10.6 Å². The van der Waals surface area contributed by atoms with E-state index in [9.17, 15) is 8.42 Å². The predicted molar refractivity (Wildman–Crippen MR) is 111 cm³/mol. The van der Waals surface area contributed by atoms with Crippen LogP contribution in [0.2, 0.25) is 0 Å². The van der Waals surface area contributed by atoms with Crippen molar-refractivity contribution in [3.8, 4) is 5.75 Å². The Balaban J connectivity index is 2.37. The maximum atomic E-state index is 13.1. The number of methoxy groups -OCH3 is 1. The van der Waals surface area contributed by atoms with E-state index in [0.717, 1.165) is 11.1 Å². The molecule has 0 radical (unpaired) electrons. The van der Waals surface area contributed by atoms with Crippen molar-refractivity contribution < 1.29 is 13.2 Å². The van der Waals surface area contributed by atoms with Crippen molar-refractivity contribution in [3.05, 3.63) is 59.7 Å². The number of ether oxygens (including phenoxy) is 1. The van der Waals surface area contributed by atoms with Gasteiger partial charge in [0.15, 0.2) is 0 Å². The molecule has 2 aromatic rings. The Morgan fingerprint density at radius 3 is 2.32 bits per heavy atom. The van der Waals surface area contributed by atoms with Gasteiger partial charge in [-0.05, 0) is 42.3 Å². The molecule has 0 spiro atoms. The third-order valence-electron chi connectivity index (χ3n) is 3.83. The largest absolute Gasteiger partial charge is 0.497 e. The maximum Gasteiger partial charge on any atom is 0.239 e. The van der Waals surface area contributed by atoms with Gasteiger partial charge in [-0.1, -0.05) is 56.1 Å². The summed E-state index contributed by atoms with van der Waals surface area (Å²) in [5, 5.41) is 0.652. The Hall–Kier alpha value is -1.05. The molecule has 1 atom stereocenters. The molecule has 1 unspecified atom stereocenters. The van der Waals surface area contributed by atoms with Crippen molar-refractivity contribution in [2.24, 2.45) is 0 Å². The van der Waals surface area contributed by atoms with Crippen LogP contribution in [0.1, 0.15) is 11.1 Å². The monoisotopic (exact) mass is 489 g/mol. The van der Waals surface area contributed by atoms with Crippen LogP contribution in [0.3, 0.4) is 0 Å². The standard InChI is InChI=1S/C18H21Br2NO3S/c1-14-5-3-4-6-15(14)13-25(22,23)21(12-16(20)11-19)17-7-9-18(24-2)10-8-17/h3-10,16H,11-13H2,1-2H3. The lowest BCUT2D eigenvalue weighted by atomic mass is 10.1. The lowest BCUT2D eigenvalue weighted by Crippen LogP contribution is -2.37. The molecular formula is C18H21Br2NO3S. The van der Waals surface area contributed by atoms with Gasteiger partial charge in [-0.2, -0.15) is 0 Å². The van der Waals surface area contributed by atoms with Crippen molar-refractivity contribution in [2.45, 2.75) is 17.5 Å². The Bertz CT molecular complexity index is 794. The number of aryl methyl sites for hydroxylation is 1. The first-order chi connectivity index (χ1) is 11.9. The van der Waals surface area contributed by atoms with Crippen molar-refractivity contribution in [1.29, 1.82) is 0 Å². The highest BCUT2D eigenvalue weighted by Gasteiger charge is 2.25. The van der Waals surface area contributed by atoms with E-state index in [4.69, 9.17) is 4.74 Å². The van der Waals surface area contributed by atoms with Crippen LogP contribution in [0, 0.1) is 6.92 Å². The number of alkyl halides is 2. The number of nitrogens with zero attached hydrogens (tertiary/aromatic N) is 1. The Kier molecular flexibility index (Phi) is 7.34. The number of benzene rings is 2. The summed E-state index contributed by atoms with van der Waals surface area (Å²) in [6, 6.07) is 14.6. The first-order valence-corrected chi connectivity index (χ1v) is 11.4. The Morgan fingerprint density at radius 1 is 1.12 bits per heavy atom. The van der Waals surface area contributed by atoms with Gasteiger partial charge in [0.05, 0.1) is 18.6 Å². The summed E-state index contributed by atoms with van der Waals surface area (Å²) in [5.41, 5.74) is 2.41. The van der Waals surface area contributed by atoms with Gasteiger partial charge in [-0.25, -0.2) is 8.42 Å². The fourth-order valence-corrected chi connectivity index (χ4v) is 4.81. The average Bonchev–Trinajstić information content (AvgIpc) is 2.61. The van der Waals surface area contributed by atoms with E-state index >= 15 is 0 Å². The molecule has 0 aromatic heterocycles. The molecule has 0 aliphatic heterocycles. The molecule has 0 fully saturated rings. The number of sulfonamides is 1. The molecule has 0 amide bonds. The van der Waals surface area contributed by atoms with E-state index in [1.807, 2.05) is 31.2 Å². The zero-order valence-electron chi connectivity index (χ0n) is 14.2. The molecule has 25 heavy (non-hydrogen) atoms. The summed E-state index contributed by atoms with van der Waals surface area (Å²) in [4.78, 5) is 0.00115. The summed E-state index contributed by atoms with van der Waals surface area (Å²) in [6.45, 7) is 2.26. The van der Waals surface area contributed by atoms with Gasteiger partial charge in [-0.15, -0.1) is 0 Å². The van der Waals surface area contributed by atoms with Gasteiger partial charge in [0.25, 0.3) is 0 Å². The molecule has 136 valence electrons. The summed E-state index contributed by atoms with van der Waals surface area (Å²) >= 11 is 6.91. The van der Waals surface area contributed by atoms with Crippen molar-refractivity contribution in [1.82, 2.24) is 0 Å². The molecule has 0 aliphatic rings. The molecule has 0 aliphatic carbocycles. The second-order valence-electron chi connectivity index (χ2n) is 5.66. The lowest BCUT2D eigenvalue weighted by Gasteiger charge is -2.26. The summed E-state index contributed by atoms with van der Waals surface area (Å²) in [5.74, 6) is 0.657. The molecular weight excluding hydrogens is 470 g/mol. The second-order valence-corrected chi connectivity index (χ2v) is 9.50. The minimum atomic E-state index is -3.53. The number of rotatable bonds is 8. The summed E-state index contributed by atoms with van der Waals surface area (Å²) in [6.07, 6.45) is 0. The number of anilines is 1. The quantitative estimate of drug-likeness (QED) is 0.512. The van der Waals surface area contributed by atoms with Gasteiger partial charge < -0.3 is 4.74 Å². The first kappa shape index (κ1) is 20.3. The number of hydrogen-bond donors (Lipinski definition) is 0. The molecule has 7 heteroatoms. The molecule has 2 aromatic carbocycles. The predicted octanol–water partition coefficient (Wildman–Crippen LogP) is 4.50. The molecule has 4 nitrogen and oxygen atoms in total. The van der Waals surface area contributed by atoms with Crippen LogP contribution in [-0.4, -0.2) is 32.2 Å². The highest BCUT2D eigenvalue weighted by atomic mass is 79.9. The van der Waals surface area contributed by atoms with E-state index in [0.29, 0.717) is 23.3 Å². The van der Waals surface area contributed by atoms with Crippen LogP contribution >= 0.6 is 31.9 Å². The fourth-order valence-electron chi connectivity index (χ4n) is 2.40. The van der Waals surface area contributed by atoms with Crippen LogP contribution < -0.4 is 9.04 Å². The Labute approximate surface area is 166 Å². The van der Waals surface area contributed by atoms with Crippen LogP contribution in [0.25, 0.3) is 0 Å². The van der Waals surface area contributed by atoms with Crippen LogP contribution in [0.15, 0.2) is 48.5 Å². The third kappa shape index (κ3) is 5.46. The van der Waals surface area contributed by atoms with Gasteiger partial charge >= 0.3 is 0 Å². The van der Waals surface area contributed by atoms with Crippen LogP contribution in [0.5, 0.6) is 5.75 Å². The maximum absolute atomic E-state index is 13.1. The van der Waals surface area contributed by atoms with Crippen LogP contribution in [-0.2, 0) is 15.8 Å². The lowest BCUT2D eigenvalue weighted by molar-refractivity contribution is 0.415. The smallest absolute Gasteiger partial charge is 0.239 e. The van der Waals surface area contributed by atoms with Crippen molar-refractivity contribution >= 4 is 47.6 Å². The van der Waals surface area contributed by atoms with Crippen LogP contribution in [0.4, 0.5) is 5.69 Å². The molecule has 0 saturated heterocycles. The zero-order valence-corrected chi connectivity index (χ0v) is 18.1. The molecule has 0 heterocycles. The van der Waals surface area contributed by atoms with Gasteiger partial charge in [0, 0.05) is 16.7 Å². The van der Waals surface area contributed by atoms with Crippen molar-refractivity contribution in [2.75, 3.05) is 23.3 Å². The van der Waals surface area contributed by atoms with Gasteiger partial charge in [0.1, 0.15) is 5.75 Å². The molecule has 2 rings (SSSR count). The third-order valence-corrected chi connectivity index (χ3v) is 7.80. The van der Waals surface area contributed by atoms with Crippen molar-refractivity contribution in [3.63, 3.8) is 0 Å². The first-order valence-electron chi connectivity index (χ1n) is 7.76. The average molecular weight is 491 g/mol. The van der Waals surface area contributed by atoms with E-state index in [2.05, 4.69) is 31.9 Å². The van der Waals surface area contributed by atoms with Gasteiger partial charge in [0.2, 0.25) is 10.0 Å². The summed E-state index contributed by atoms with van der Waals surface area (Å²) in [7, 11) is -1.95. The SMILES string of the molecule is COc1ccc(N(CC(Br)CBr)S(=O)(=O)Cc2ccccc2C)cc1. The zero-order chi connectivity index (χ0) is 18.4. The number of hydrogen-bond acceptors (Lipinski definition) is 3. The highest BCUT2D eigenvalue weighted by Crippen LogP contribution is 2.26. The molecule has 0 saturated carbocycles. The van der Waals surface area contributed by atoms with E-state index in [1.165, 1.54) is 4.31 Å². The fraction of sp³-hybridized carbons (Fsp3) is 0.333. The second kappa shape index (κ2) is 9.05. The van der Waals surface area contributed by atoms with Gasteiger partial charge in [-0.3, -0.25) is 4.31 Å².